The zero-order valence-corrected chi connectivity index (χ0v) is 12.0. The van der Waals surface area contributed by atoms with Gasteiger partial charge in [-0.1, -0.05) is 0 Å². The van der Waals surface area contributed by atoms with Gasteiger partial charge in [0.1, 0.15) is 0 Å². The Morgan fingerprint density at radius 1 is 1.50 bits per heavy atom. The van der Waals surface area contributed by atoms with Crippen molar-refractivity contribution in [2.75, 3.05) is 17.6 Å². The van der Waals surface area contributed by atoms with E-state index in [4.69, 9.17) is 10.5 Å². The van der Waals surface area contributed by atoms with E-state index in [1.165, 1.54) is 11.5 Å². The maximum absolute atomic E-state index is 5.78. The first-order valence-corrected chi connectivity index (χ1v) is 7.36. The first kappa shape index (κ1) is 13.1. The van der Waals surface area contributed by atoms with Crippen LogP contribution in [0.2, 0.25) is 0 Å². The van der Waals surface area contributed by atoms with Crippen molar-refractivity contribution < 1.29 is 4.74 Å². The van der Waals surface area contributed by atoms with Crippen molar-refractivity contribution in [1.82, 2.24) is 9.36 Å². The minimum Gasteiger partial charge on any atom is -0.484 e. The normalized spacial score (nSPS) is 10.8. The highest BCUT2D eigenvalue weighted by Gasteiger charge is 2.14. The smallest absolute Gasteiger partial charge is 0.197 e. The van der Waals surface area contributed by atoms with E-state index in [2.05, 4.69) is 14.7 Å². The maximum Gasteiger partial charge on any atom is 0.197 e. The summed E-state index contributed by atoms with van der Waals surface area (Å²) in [5, 5.41) is 7.28. The Kier molecular flexibility index (Phi) is 4.38. The SMILES string of the molecule is CC(C)Oc1c(N)nsc1NCCc1nccs1. The molecule has 0 radical (unpaired) electrons. The van der Waals surface area contributed by atoms with Crippen LogP contribution in [0.15, 0.2) is 11.6 Å². The van der Waals surface area contributed by atoms with Crippen molar-refractivity contribution in [3.63, 3.8) is 0 Å². The molecule has 2 heterocycles. The van der Waals surface area contributed by atoms with Crippen LogP contribution in [-0.2, 0) is 6.42 Å². The van der Waals surface area contributed by atoms with Crippen molar-refractivity contribution in [2.45, 2.75) is 26.4 Å². The average Bonchev–Trinajstić information content (AvgIpc) is 2.93. The van der Waals surface area contributed by atoms with Gasteiger partial charge in [0.05, 0.1) is 11.1 Å². The number of thiazole rings is 1. The predicted molar refractivity (Wildman–Crippen MR) is 76.6 cm³/mol. The van der Waals surface area contributed by atoms with Crippen LogP contribution >= 0.6 is 22.9 Å². The van der Waals surface area contributed by atoms with E-state index in [0.29, 0.717) is 11.6 Å². The molecule has 0 fully saturated rings. The molecular formula is C11H16N4OS2. The Morgan fingerprint density at radius 2 is 2.33 bits per heavy atom. The van der Waals surface area contributed by atoms with Crippen LogP contribution in [-0.4, -0.2) is 22.0 Å². The third-order valence-corrected chi connectivity index (χ3v) is 3.78. The van der Waals surface area contributed by atoms with Crippen molar-refractivity contribution in [2.24, 2.45) is 0 Å². The lowest BCUT2D eigenvalue weighted by atomic mass is 10.4. The molecule has 0 aliphatic carbocycles. The molecular weight excluding hydrogens is 268 g/mol. The fourth-order valence-electron chi connectivity index (χ4n) is 1.42. The zero-order chi connectivity index (χ0) is 13.0. The zero-order valence-electron chi connectivity index (χ0n) is 10.3. The van der Waals surface area contributed by atoms with Crippen LogP contribution in [0.4, 0.5) is 10.8 Å². The number of anilines is 2. The van der Waals surface area contributed by atoms with Gasteiger partial charge in [0.2, 0.25) is 0 Å². The molecule has 2 aromatic heterocycles. The molecule has 0 atom stereocenters. The molecule has 0 saturated carbocycles. The van der Waals surface area contributed by atoms with E-state index < -0.39 is 0 Å². The highest BCUT2D eigenvalue weighted by atomic mass is 32.1. The summed E-state index contributed by atoms with van der Waals surface area (Å²) in [6.07, 6.45) is 2.79. The molecule has 7 heteroatoms. The number of nitrogens with two attached hydrogens (primary N) is 1. The standard InChI is InChI=1S/C11H16N4OS2/c1-7(2)16-9-10(12)15-18-11(9)14-4-3-8-13-5-6-17-8/h5-7,14H,3-4H2,1-2H3,(H2,12,15). The molecule has 0 bridgehead atoms. The Morgan fingerprint density at radius 3 is 3.00 bits per heavy atom. The maximum atomic E-state index is 5.78. The minimum atomic E-state index is 0.0863. The summed E-state index contributed by atoms with van der Waals surface area (Å²) >= 11 is 2.99. The van der Waals surface area contributed by atoms with Crippen LogP contribution in [0.25, 0.3) is 0 Å². The summed E-state index contributed by atoms with van der Waals surface area (Å²) in [5.74, 6) is 1.11. The molecule has 0 unspecified atom stereocenters. The summed E-state index contributed by atoms with van der Waals surface area (Å²) in [7, 11) is 0. The molecule has 0 amide bonds. The Hall–Kier alpha value is -1.34. The van der Waals surface area contributed by atoms with Gasteiger partial charge in [-0.15, -0.1) is 11.3 Å². The number of hydrogen-bond donors (Lipinski definition) is 2. The molecule has 0 aliphatic heterocycles. The number of nitrogens with zero attached hydrogens (tertiary/aromatic N) is 2. The van der Waals surface area contributed by atoms with E-state index >= 15 is 0 Å². The van der Waals surface area contributed by atoms with Gasteiger partial charge in [-0.2, -0.15) is 4.37 Å². The largest absolute Gasteiger partial charge is 0.484 e. The summed E-state index contributed by atoms with van der Waals surface area (Å²) in [6, 6.07) is 0. The molecule has 0 aromatic carbocycles. The first-order chi connectivity index (χ1) is 8.66. The average molecular weight is 284 g/mol. The third-order valence-electron chi connectivity index (χ3n) is 2.14. The van der Waals surface area contributed by atoms with Gasteiger partial charge in [0.15, 0.2) is 16.6 Å². The van der Waals surface area contributed by atoms with Crippen LogP contribution in [0.3, 0.4) is 0 Å². The highest BCUT2D eigenvalue weighted by Crippen LogP contribution is 2.35. The van der Waals surface area contributed by atoms with Gasteiger partial charge in [0.25, 0.3) is 0 Å². The van der Waals surface area contributed by atoms with Crippen LogP contribution in [0.1, 0.15) is 18.9 Å². The Balaban J connectivity index is 1.92. The lowest BCUT2D eigenvalue weighted by molar-refractivity contribution is 0.245. The monoisotopic (exact) mass is 284 g/mol. The second kappa shape index (κ2) is 6.01. The molecule has 0 spiro atoms. The number of nitrogen functional groups attached to an aromatic ring is 1. The summed E-state index contributed by atoms with van der Waals surface area (Å²) in [4.78, 5) is 4.23. The quantitative estimate of drug-likeness (QED) is 0.853. The van der Waals surface area contributed by atoms with Gasteiger partial charge in [-0.05, 0) is 25.4 Å². The molecule has 3 N–H and O–H groups in total. The van der Waals surface area contributed by atoms with Crippen molar-refractivity contribution in [3.8, 4) is 5.75 Å². The molecule has 0 aliphatic rings. The van der Waals surface area contributed by atoms with Crippen molar-refractivity contribution in [3.05, 3.63) is 16.6 Å². The van der Waals surface area contributed by atoms with Gasteiger partial charge in [-0.3, -0.25) is 0 Å². The third kappa shape index (κ3) is 3.33. The second-order valence-corrected chi connectivity index (χ2v) is 5.75. The molecule has 5 nitrogen and oxygen atoms in total. The van der Waals surface area contributed by atoms with Crippen LogP contribution in [0, 0.1) is 0 Å². The van der Waals surface area contributed by atoms with Gasteiger partial charge in [-0.25, -0.2) is 4.98 Å². The molecule has 98 valence electrons. The summed E-state index contributed by atoms with van der Waals surface area (Å²) in [6.45, 7) is 4.73. The second-order valence-electron chi connectivity index (χ2n) is 4.00. The highest BCUT2D eigenvalue weighted by molar-refractivity contribution is 7.11. The summed E-state index contributed by atoms with van der Waals surface area (Å²) < 4.78 is 9.76. The predicted octanol–water partition coefficient (Wildman–Crippen LogP) is 2.62. The Bertz CT molecular complexity index is 481. The molecule has 2 aromatic rings. The lowest BCUT2D eigenvalue weighted by Crippen LogP contribution is -2.10. The minimum absolute atomic E-state index is 0.0863. The number of rotatable bonds is 6. The topological polar surface area (TPSA) is 73.1 Å². The Labute approximate surface area is 114 Å². The van der Waals surface area contributed by atoms with E-state index in [0.717, 1.165) is 23.0 Å². The molecule has 2 rings (SSSR count). The van der Waals surface area contributed by atoms with Gasteiger partial charge >= 0.3 is 0 Å². The van der Waals surface area contributed by atoms with E-state index in [1.54, 1.807) is 11.3 Å². The number of aromatic nitrogens is 2. The van der Waals surface area contributed by atoms with Gasteiger partial charge < -0.3 is 15.8 Å². The van der Waals surface area contributed by atoms with E-state index in [1.807, 2.05) is 25.4 Å². The van der Waals surface area contributed by atoms with E-state index in [9.17, 15) is 0 Å². The number of hydrogen-bond acceptors (Lipinski definition) is 7. The molecule has 0 saturated heterocycles. The fraction of sp³-hybridized carbons (Fsp3) is 0.455. The molecule has 18 heavy (non-hydrogen) atoms. The van der Waals surface area contributed by atoms with Crippen LogP contribution in [0.5, 0.6) is 5.75 Å². The van der Waals surface area contributed by atoms with E-state index in [-0.39, 0.29) is 6.10 Å². The van der Waals surface area contributed by atoms with Crippen LogP contribution < -0.4 is 15.8 Å². The fourth-order valence-corrected chi connectivity index (χ4v) is 2.71. The summed E-state index contributed by atoms with van der Waals surface area (Å²) in [5.41, 5.74) is 5.78. The van der Waals surface area contributed by atoms with Crippen molar-refractivity contribution in [1.29, 1.82) is 0 Å². The van der Waals surface area contributed by atoms with Gasteiger partial charge in [0, 0.05) is 24.5 Å². The lowest BCUT2D eigenvalue weighted by Gasteiger charge is -2.11. The van der Waals surface area contributed by atoms with Crippen molar-refractivity contribution >= 4 is 33.7 Å². The number of nitrogens with one attached hydrogen (secondary N) is 1. The first-order valence-electron chi connectivity index (χ1n) is 5.71. The number of ether oxygens (including phenoxy) is 1.